The Balaban J connectivity index is 1.43. The molecule has 0 saturated heterocycles. The van der Waals surface area contributed by atoms with E-state index in [1.807, 2.05) is 60.7 Å². The summed E-state index contributed by atoms with van der Waals surface area (Å²) in [4.78, 5) is 28.7. The number of rotatable bonds is 5. The van der Waals surface area contributed by atoms with Crippen molar-refractivity contribution < 1.29 is 4.79 Å². The van der Waals surface area contributed by atoms with Gasteiger partial charge in [-0.3, -0.25) is 9.59 Å². The summed E-state index contributed by atoms with van der Waals surface area (Å²) in [5.41, 5.74) is 3.00. The number of carbonyl (C=O) groups is 1. The highest BCUT2D eigenvalue weighted by molar-refractivity contribution is 7.13. The maximum absolute atomic E-state index is 12.5. The molecule has 0 bridgehead atoms. The number of carbonyl (C=O) groups excluding carboxylic acids is 1. The molecule has 6 heteroatoms. The zero-order chi connectivity index (χ0) is 19.3. The molecule has 1 amide bonds. The number of hydrogen-bond donors (Lipinski definition) is 1. The van der Waals surface area contributed by atoms with Gasteiger partial charge in [0, 0.05) is 28.9 Å². The van der Waals surface area contributed by atoms with Crippen molar-refractivity contribution in [1.29, 1.82) is 0 Å². The van der Waals surface area contributed by atoms with Crippen LogP contribution >= 0.6 is 11.3 Å². The average Bonchev–Trinajstić information content (AvgIpc) is 3.22. The van der Waals surface area contributed by atoms with Crippen LogP contribution in [0.1, 0.15) is 16.1 Å². The Morgan fingerprint density at radius 1 is 0.964 bits per heavy atom. The number of amides is 1. The van der Waals surface area contributed by atoms with Gasteiger partial charge >= 0.3 is 0 Å². The third-order valence-corrected chi connectivity index (χ3v) is 5.11. The molecule has 2 aromatic carbocycles. The second kappa shape index (κ2) is 8.02. The minimum absolute atomic E-state index is 0.0439. The molecule has 138 valence electrons. The summed E-state index contributed by atoms with van der Waals surface area (Å²) in [5, 5.41) is 5.43. The number of thiazole rings is 1. The van der Waals surface area contributed by atoms with Crippen molar-refractivity contribution in [3.8, 4) is 10.6 Å². The summed E-state index contributed by atoms with van der Waals surface area (Å²) in [7, 11) is 0. The molecule has 0 aliphatic rings. The maximum Gasteiger partial charge on any atom is 0.275 e. The lowest BCUT2D eigenvalue weighted by Gasteiger charge is -2.07. The van der Waals surface area contributed by atoms with Gasteiger partial charge in [-0.15, -0.1) is 11.3 Å². The maximum atomic E-state index is 12.5. The lowest BCUT2D eigenvalue weighted by Crippen LogP contribution is -2.18. The van der Waals surface area contributed by atoms with Gasteiger partial charge in [0.15, 0.2) is 0 Å². The predicted molar refractivity (Wildman–Crippen MR) is 112 cm³/mol. The number of anilines is 1. The van der Waals surface area contributed by atoms with E-state index in [1.54, 1.807) is 22.2 Å². The van der Waals surface area contributed by atoms with Crippen molar-refractivity contribution in [2.75, 3.05) is 5.32 Å². The van der Waals surface area contributed by atoms with E-state index in [9.17, 15) is 9.59 Å². The highest BCUT2D eigenvalue weighted by atomic mass is 32.1. The predicted octanol–water partition coefficient (Wildman–Crippen LogP) is 4.27. The van der Waals surface area contributed by atoms with E-state index in [2.05, 4.69) is 10.3 Å². The lowest BCUT2D eigenvalue weighted by molar-refractivity contribution is 0.102. The molecule has 5 nitrogen and oxygen atoms in total. The van der Waals surface area contributed by atoms with E-state index in [-0.39, 0.29) is 11.5 Å². The van der Waals surface area contributed by atoms with E-state index in [4.69, 9.17) is 0 Å². The van der Waals surface area contributed by atoms with Crippen LogP contribution in [-0.2, 0) is 6.54 Å². The van der Waals surface area contributed by atoms with E-state index in [0.29, 0.717) is 17.9 Å². The SMILES string of the molecule is O=C(Nc1ccc(Cn2ccccc2=O)cc1)c1csc(-c2ccccc2)n1. The van der Waals surface area contributed by atoms with E-state index in [1.165, 1.54) is 17.4 Å². The second-order valence-corrected chi connectivity index (χ2v) is 7.08. The number of aromatic nitrogens is 2. The van der Waals surface area contributed by atoms with Crippen LogP contribution in [0.3, 0.4) is 0 Å². The molecule has 0 aliphatic heterocycles. The smallest absolute Gasteiger partial charge is 0.275 e. The van der Waals surface area contributed by atoms with Crippen molar-refractivity contribution >= 4 is 22.9 Å². The van der Waals surface area contributed by atoms with Crippen molar-refractivity contribution in [3.63, 3.8) is 0 Å². The molecular weight excluding hydrogens is 370 g/mol. The van der Waals surface area contributed by atoms with Crippen LogP contribution < -0.4 is 10.9 Å². The molecule has 0 saturated carbocycles. The third kappa shape index (κ3) is 4.07. The molecule has 4 rings (SSSR count). The van der Waals surface area contributed by atoms with Gasteiger partial charge in [-0.1, -0.05) is 48.5 Å². The number of pyridine rings is 1. The van der Waals surface area contributed by atoms with Crippen molar-refractivity contribution in [2.24, 2.45) is 0 Å². The molecule has 0 fully saturated rings. The molecule has 0 atom stereocenters. The zero-order valence-corrected chi connectivity index (χ0v) is 15.7. The highest BCUT2D eigenvalue weighted by Crippen LogP contribution is 2.23. The number of nitrogens with one attached hydrogen (secondary N) is 1. The molecule has 0 aliphatic carbocycles. The third-order valence-electron chi connectivity index (χ3n) is 4.22. The molecule has 0 unspecified atom stereocenters. The molecule has 0 radical (unpaired) electrons. The van der Waals surface area contributed by atoms with E-state index < -0.39 is 0 Å². The topological polar surface area (TPSA) is 64.0 Å². The first-order valence-corrected chi connectivity index (χ1v) is 9.64. The first-order valence-electron chi connectivity index (χ1n) is 8.76. The Morgan fingerprint density at radius 2 is 1.71 bits per heavy atom. The number of benzene rings is 2. The number of nitrogens with zero attached hydrogens (tertiary/aromatic N) is 2. The molecule has 2 aromatic heterocycles. The van der Waals surface area contributed by atoms with E-state index in [0.717, 1.165) is 16.1 Å². The highest BCUT2D eigenvalue weighted by Gasteiger charge is 2.12. The fraction of sp³-hybridized carbons (Fsp3) is 0.0455. The molecule has 28 heavy (non-hydrogen) atoms. The van der Waals surface area contributed by atoms with Crippen molar-refractivity contribution in [1.82, 2.24) is 9.55 Å². The van der Waals surface area contributed by atoms with Gasteiger partial charge in [0.25, 0.3) is 11.5 Å². The molecule has 2 heterocycles. The molecule has 4 aromatic rings. The van der Waals surface area contributed by atoms with Crippen LogP contribution in [0.4, 0.5) is 5.69 Å². The Kier molecular flexibility index (Phi) is 5.12. The standard InChI is InChI=1S/C22H17N3O2S/c26-20-8-4-5-13-25(20)14-16-9-11-18(12-10-16)23-21(27)19-15-28-22(24-19)17-6-2-1-3-7-17/h1-13,15H,14H2,(H,23,27). The summed E-state index contributed by atoms with van der Waals surface area (Å²) in [6, 6.07) is 22.3. The Morgan fingerprint density at radius 3 is 2.46 bits per heavy atom. The first-order chi connectivity index (χ1) is 13.7. The Hall–Kier alpha value is -3.51. The summed E-state index contributed by atoms with van der Waals surface area (Å²) < 4.78 is 1.63. The molecular formula is C22H17N3O2S. The Bertz CT molecular complexity index is 1150. The summed E-state index contributed by atoms with van der Waals surface area (Å²) in [6.07, 6.45) is 1.75. The van der Waals surface area contributed by atoms with Crippen LogP contribution in [0, 0.1) is 0 Å². The minimum Gasteiger partial charge on any atom is -0.321 e. The lowest BCUT2D eigenvalue weighted by atomic mass is 10.2. The normalized spacial score (nSPS) is 10.6. The quantitative estimate of drug-likeness (QED) is 0.556. The Labute approximate surface area is 165 Å². The van der Waals surface area contributed by atoms with Crippen LogP contribution in [0.25, 0.3) is 10.6 Å². The zero-order valence-electron chi connectivity index (χ0n) is 14.9. The van der Waals surface area contributed by atoms with Gasteiger partial charge < -0.3 is 9.88 Å². The summed E-state index contributed by atoms with van der Waals surface area (Å²) >= 11 is 1.44. The fourth-order valence-electron chi connectivity index (χ4n) is 2.77. The van der Waals surface area contributed by atoms with Crippen LogP contribution in [0.2, 0.25) is 0 Å². The van der Waals surface area contributed by atoms with Gasteiger partial charge in [0.05, 0.1) is 6.54 Å². The second-order valence-electron chi connectivity index (χ2n) is 6.22. The van der Waals surface area contributed by atoms with Gasteiger partial charge in [0.1, 0.15) is 10.7 Å². The van der Waals surface area contributed by atoms with Crippen molar-refractivity contribution in [2.45, 2.75) is 6.54 Å². The fourth-order valence-corrected chi connectivity index (χ4v) is 3.57. The number of hydrogen-bond acceptors (Lipinski definition) is 4. The summed E-state index contributed by atoms with van der Waals surface area (Å²) in [5.74, 6) is -0.245. The molecule has 0 spiro atoms. The average molecular weight is 387 g/mol. The largest absolute Gasteiger partial charge is 0.321 e. The van der Waals surface area contributed by atoms with Gasteiger partial charge in [-0.25, -0.2) is 4.98 Å². The van der Waals surface area contributed by atoms with Crippen molar-refractivity contribution in [3.05, 3.63) is 106 Å². The van der Waals surface area contributed by atoms with Crippen LogP contribution in [0.15, 0.2) is 89.2 Å². The van der Waals surface area contributed by atoms with Gasteiger partial charge in [-0.2, -0.15) is 0 Å². The minimum atomic E-state index is -0.245. The summed E-state index contributed by atoms with van der Waals surface area (Å²) in [6.45, 7) is 0.487. The monoisotopic (exact) mass is 387 g/mol. The molecule has 1 N–H and O–H groups in total. The van der Waals surface area contributed by atoms with Gasteiger partial charge in [0.2, 0.25) is 0 Å². The first kappa shape index (κ1) is 17.9. The van der Waals surface area contributed by atoms with E-state index >= 15 is 0 Å². The van der Waals surface area contributed by atoms with Crippen LogP contribution in [0.5, 0.6) is 0 Å². The van der Waals surface area contributed by atoms with Crippen LogP contribution in [-0.4, -0.2) is 15.5 Å². The van der Waals surface area contributed by atoms with Gasteiger partial charge in [-0.05, 0) is 23.8 Å².